The Bertz CT molecular complexity index is 713. The van der Waals surface area contributed by atoms with Crippen LogP contribution in [0.3, 0.4) is 0 Å². The topological polar surface area (TPSA) is 65.7 Å². The summed E-state index contributed by atoms with van der Waals surface area (Å²) in [5.74, 6) is -0.896. The van der Waals surface area contributed by atoms with Crippen LogP contribution in [-0.4, -0.2) is 38.4 Å². The molecule has 1 aromatic heterocycles. The SMILES string of the molecule is C=CC(=O)OCCOCCOC(=O)c1cc[n+](Cc2ccccc2)cc1. The molecule has 0 saturated heterocycles. The van der Waals surface area contributed by atoms with Gasteiger partial charge in [-0.25, -0.2) is 14.2 Å². The van der Waals surface area contributed by atoms with E-state index in [1.165, 1.54) is 5.56 Å². The van der Waals surface area contributed by atoms with E-state index in [9.17, 15) is 9.59 Å². The van der Waals surface area contributed by atoms with E-state index < -0.39 is 11.9 Å². The standard InChI is InChI=1S/C20H22NO5/c1-2-19(22)25-14-12-24-13-15-26-20(23)18-8-10-21(11-9-18)16-17-6-4-3-5-7-17/h2-11H,1,12-16H2/q+1. The van der Waals surface area contributed by atoms with E-state index >= 15 is 0 Å². The third-order valence-corrected chi connectivity index (χ3v) is 3.43. The highest BCUT2D eigenvalue weighted by Gasteiger charge is 2.10. The number of pyridine rings is 1. The molecule has 0 unspecified atom stereocenters. The molecule has 0 saturated carbocycles. The number of benzene rings is 1. The first kappa shape index (κ1) is 19.3. The fourth-order valence-electron chi connectivity index (χ4n) is 2.13. The van der Waals surface area contributed by atoms with E-state index in [2.05, 4.69) is 6.58 Å². The minimum Gasteiger partial charge on any atom is -0.460 e. The van der Waals surface area contributed by atoms with Gasteiger partial charge in [0.15, 0.2) is 18.9 Å². The van der Waals surface area contributed by atoms with Gasteiger partial charge in [0, 0.05) is 23.8 Å². The second kappa shape index (κ2) is 10.8. The summed E-state index contributed by atoms with van der Waals surface area (Å²) >= 11 is 0. The highest BCUT2D eigenvalue weighted by Crippen LogP contribution is 2.01. The zero-order valence-corrected chi connectivity index (χ0v) is 14.5. The molecule has 0 bridgehead atoms. The molecule has 2 aromatic rings. The number of carbonyl (C=O) groups is 2. The van der Waals surface area contributed by atoms with E-state index in [-0.39, 0.29) is 26.4 Å². The minimum absolute atomic E-state index is 0.132. The van der Waals surface area contributed by atoms with Crippen LogP contribution in [-0.2, 0) is 25.5 Å². The fourth-order valence-corrected chi connectivity index (χ4v) is 2.13. The maximum absolute atomic E-state index is 12.0. The first-order valence-electron chi connectivity index (χ1n) is 8.26. The lowest BCUT2D eigenvalue weighted by Gasteiger charge is -2.06. The van der Waals surface area contributed by atoms with Crippen molar-refractivity contribution in [1.29, 1.82) is 0 Å². The number of nitrogens with zero attached hydrogens (tertiary/aromatic N) is 1. The van der Waals surface area contributed by atoms with Gasteiger partial charge in [-0.3, -0.25) is 0 Å². The van der Waals surface area contributed by atoms with Crippen molar-refractivity contribution in [1.82, 2.24) is 0 Å². The number of hydrogen-bond donors (Lipinski definition) is 0. The Kier molecular flexibility index (Phi) is 8.02. The number of aromatic nitrogens is 1. The summed E-state index contributed by atoms with van der Waals surface area (Å²) in [7, 11) is 0. The molecule has 0 spiro atoms. The largest absolute Gasteiger partial charge is 0.460 e. The lowest BCUT2D eigenvalue weighted by Crippen LogP contribution is -2.33. The Morgan fingerprint density at radius 3 is 2.23 bits per heavy atom. The van der Waals surface area contributed by atoms with Crippen molar-refractivity contribution in [2.45, 2.75) is 6.54 Å². The van der Waals surface area contributed by atoms with Gasteiger partial charge in [0.1, 0.15) is 13.2 Å². The molecule has 0 aliphatic heterocycles. The number of ether oxygens (including phenoxy) is 3. The van der Waals surface area contributed by atoms with Crippen LogP contribution in [0.4, 0.5) is 0 Å². The van der Waals surface area contributed by atoms with Crippen molar-refractivity contribution < 1.29 is 28.4 Å². The predicted molar refractivity (Wildman–Crippen MR) is 94.4 cm³/mol. The van der Waals surface area contributed by atoms with E-state index in [0.29, 0.717) is 5.56 Å². The van der Waals surface area contributed by atoms with Crippen molar-refractivity contribution in [3.8, 4) is 0 Å². The molecular weight excluding hydrogens is 334 g/mol. The van der Waals surface area contributed by atoms with Crippen molar-refractivity contribution in [2.75, 3.05) is 26.4 Å². The van der Waals surface area contributed by atoms with Gasteiger partial charge in [0.25, 0.3) is 0 Å². The Labute approximate surface area is 152 Å². The smallest absolute Gasteiger partial charge is 0.338 e. The minimum atomic E-state index is -0.492. The van der Waals surface area contributed by atoms with Crippen LogP contribution in [0.1, 0.15) is 15.9 Å². The summed E-state index contributed by atoms with van der Waals surface area (Å²) < 4.78 is 17.1. The number of rotatable bonds is 10. The molecule has 0 amide bonds. The van der Waals surface area contributed by atoms with Crippen molar-refractivity contribution in [3.05, 3.63) is 78.6 Å². The van der Waals surface area contributed by atoms with Crippen molar-refractivity contribution in [3.63, 3.8) is 0 Å². The molecule has 0 atom stereocenters. The van der Waals surface area contributed by atoms with Crippen LogP contribution in [0, 0.1) is 0 Å². The van der Waals surface area contributed by atoms with Gasteiger partial charge in [0.05, 0.1) is 18.8 Å². The third-order valence-electron chi connectivity index (χ3n) is 3.43. The van der Waals surface area contributed by atoms with E-state index in [4.69, 9.17) is 14.2 Å². The highest BCUT2D eigenvalue weighted by molar-refractivity contribution is 5.89. The van der Waals surface area contributed by atoms with Crippen molar-refractivity contribution in [2.24, 2.45) is 0 Å². The highest BCUT2D eigenvalue weighted by atomic mass is 16.6. The molecule has 0 N–H and O–H groups in total. The molecule has 136 valence electrons. The maximum Gasteiger partial charge on any atom is 0.338 e. The predicted octanol–water partition coefficient (Wildman–Crippen LogP) is 1.92. The van der Waals surface area contributed by atoms with Gasteiger partial charge in [-0.05, 0) is 0 Å². The van der Waals surface area contributed by atoms with E-state index in [1.54, 1.807) is 12.1 Å². The molecule has 0 fully saturated rings. The van der Waals surface area contributed by atoms with E-state index in [1.807, 2.05) is 47.3 Å². The normalized spacial score (nSPS) is 10.2. The first-order chi connectivity index (χ1) is 12.7. The molecule has 1 aromatic carbocycles. The zero-order valence-electron chi connectivity index (χ0n) is 14.5. The molecule has 6 heteroatoms. The van der Waals surface area contributed by atoms with Crippen LogP contribution < -0.4 is 4.57 Å². The number of esters is 2. The van der Waals surface area contributed by atoms with Gasteiger partial charge in [-0.15, -0.1) is 0 Å². The quantitative estimate of drug-likeness (QED) is 0.282. The monoisotopic (exact) mass is 356 g/mol. The Balaban J connectivity index is 1.66. The molecule has 26 heavy (non-hydrogen) atoms. The lowest BCUT2D eigenvalue weighted by molar-refractivity contribution is -0.688. The Morgan fingerprint density at radius 1 is 0.923 bits per heavy atom. The summed E-state index contributed by atoms with van der Waals surface area (Å²) in [4.78, 5) is 22.8. The summed E-state index contributed by atoms with van der Waals surface area (Å²) in [6, 6.07) is 13.5. The molecule has 1 heterocycles. The maximum atomic E-state index is 12.0. The van der Waals surface area contributed by atoms with Gasteiger partial charge in [-0.2, -0.15) is 0 Å². The van der Waals surface area contributed by atoms with E-state index in [0.717, 1.165) is 12.6 Å². The van der Waals surface area contributed by atoms with Crippen LogP contribution in [0.2, 0.25) is 0 Å². The molecule has 2 rings (SSSR count). The van der Waals surface area contributed by atoms with Gasteiger partial charge in [0.2, 0.25) is 0 Å². The average Bonchev–Trinajstić information content (AvgIpc) is 2.68. The zero-order chi connectivity index (χ0) is 18.6. The van der Waals surface area contributed by atoms with Gasteiger partial charge >= 0.3 is 11.9 Å². The summed E-state index contributed by atoms with van der Waals surface area (Å²) in [5, 5.41) is 0. The summed E-state index contributed by atoms with van der Waals surface area (Å²) in [6.07, 6.45) is 4.77. The van der Waals surface area contributed by atoms with Crippen LogP contribution in [0.15, 0.2) is 67.5 Å². The van der Waals surface area contributed by atoms with Crippen molar-refractivity contribution >= 4 is 11.9 Å². The molecular formula is C20H22NO5+. The third kappa shape index (κ3) is 6.86. The Morgan fingerprint density at radius 2 is 1.58 bits per heavy atom. The lowest BCUT2D eigenvalue weighted by atomic mass is 10.2. The van der Waals surface area contributed by atoms with Gasteiger partial charge < -0.3 is 14.2 Å². The van der Waals surface area contributed by atoms with Crippen LogP contribution >= 0.6 is 0 Å². The number of carbonyl (C=O) groups excluding carboxylic acids is 2. The molecule has 0 aliphatic carbocycles. The second-order valence-corrected chi connectivity index (χ2v) is 5.36. The molecule has 0 aliphatic rings. The summed E-state index contributed by atoms with van der Waals surface area (Å²) in [5.41, 5.74) is 1.66. The summed E-state index contributed by atoms with van der Waals surface area (Å²) in [6.45, 7) is 4.77. The second-order valence-electron chi connectivity index (χ2n) is 5.36. The van der Waals surface area contributed by atoms with Crippen LogP contribution in [0.5, 0.6) is 0 Å². The van der Waals surface area contributed by atoms with Gasteiger partial charge in [-0.1, -0.05) is 36.9 Å². The first-order valence-corrected chi connectivity index (χ1v) is 8.26. The molecule has 6 nitrogen and oxygen atoms in total. The average molecular weight is 356 g/mol. The fraction of sp³-hybridized carbons (Fsp3) is 0.250. The van der Waals surface area contributed by atoms with Crippen LogP contribution in [0.25, 0.3) is 0 Å². The molecule has 0 radical (unpaired) electrons. The number of hydrogen-bond acceptors (Lipinski definition) is 5. The Hall–Kier alpha value is -2.99.